The van der Waals surface area contributed by atoms with Crippen LogP contribution in [0.5, 0.6) is 11.5 Å². The van der Waals surface area contributed by atoms with Gasteiger partial charge in [-0.25, -0.2) is 0 Å². The second kappa shape index (κ2) is 11.3. The first-order chi connectivity index (χ1) is 16.9. The van der Waals surface area contributed by atoms with Crippen LogP contribution in [-0.4, -0.2) is 43.8 Å². The molecule has 0 amide bonds. The van der Waals surface area contributed by atoms with Gasteiger partial charge in [-0.1, -0.05) is 37.6 Å². The molecule has 0 bridgehead atoms. The highest BCUT2D eigenvalue weighted by Gasteiger charge is 2.43. The molecular formula is C29H36O6. The van der Waals surface area contributed by atoms with Gasteiger partial charge in [-0.2, -0.15) is 0 Å². The Morgan fingerprint density at radius 1 is 1.09 bits per heavy atom. The van der Waals surface area contributed by atoms with Crippen molar-refractivity contribution in [2.45, 2.75) is 57.8 Å². The van der Waals surface area contributed by atoms with Gasteiger partial charge in [-0.15, -0.1) is 0 Å². The molecule has 2 aromatic carbocycles. The molecule has 1 aliphatic carbocycles. The van der Waals surface area contributed by atoms with E-state index in [-0.39, 0.29) is 12.2 Å². The molecule has 0 spiro atoms. The molecule has 35 heavy (non-hydrogen) atoms. The number of ketones is 1. The molecule has 1 saturated carbocycles. The summed E-state index contributed by atoms with van der Waals surface area (Å²) >= 11 is 0. The van der Waals surface area contributed by atoms with Gasteiger partial charge in [0.2, 0.25) is 0 Å². The Hall–Kier alpha value is -2.86. The van der Waals surface area contributed by atoms with Crippen LogP contribution in [-0.2, 0) is 16.0 Å². The van der Waals surface area contributed by atoms with Crippen molar-refractivity contribution >= 4 is 11.8 Å². The van der Waals surface area contributed by atoms with E-state index in [9.17, 15) is 14.7 Å². The Bertz CT molecular complexity index is 1030. The van der Waals surface area contributed by atoms with Crippen LogP contribution in [0.4, 0.5) is 0 Å². The number of rotatable bonds is 11. The third-order valence-electron chi connectivity index (χ3n) is 7.79. The van der Waals surface area contributed by atoms with Gasteiger partial charge in [0.05, 0.1) is 32.3 Å². The molecule has 0 radical (unpaired) electrons. The maximum absolute atomic E-state index is 13.2. The summed E-state index contributed by atoms with van der Waals surface area (Å²) < 4.78 is 16.8. The normalized spacial score (nSPS) is 22.3. The SMILES string of the molecule is CCC1CCC(CC(=O)c2ccc(OC)c(OCCc3cccc(C4COC4)c3)c2)(C(=O)O)CC1. The van der Waals surface area contributed by atoms with Crippen LogP contribution >= 0.6 is 0 Å². The number of benzene rings is 2. The lowest BCUT2D eigenvalue weighted by Crippen LogP contribution is -2.37. The maximum Gasteiger partial charge on any atom is 0.310 e. The zero-order valence-corrected chi connectivity index (χ0v) is 20.8. The lowest BCUT2D eigenvalue weighted by Gasteiger charge is -2.36. The van der Waals surface area contributed by atoms with E-state index in [1.165, 1.54) is 11.1 Å². The Balaban J connectivity index is 1.41. The molecule has 1 saturated heterocycles. The average Bonchev–Trinajstić information content (AvgIpc) is 2.83. The van der Waals surface area contributed by atoms with Gasteiger partial charge in [0, 0.05) is 24.3 Å². The van der Waals surface area contributed by atoms with Crippen LogP contribution in [0.25, 0.3) is 0 Å². The lowest BCUT2D eigenvalue weighted by molar-refractivity contribution is -0.151. The zero-order valence-electron chi connectivity index (χ0n) is 20.8. The van der Waals surface area contributed by atoms with Crippen LogP contribution in [0.3, 0.4) is 0 Å². The number of carboxylic acid groups (broad SMARTS) is 1. The van der Waals surface area contributed by atoms with Gasteiger partial charge < -0.3 is 19.3 Å². The molecule has 2 aliphatic rings. The number of carboxylic acids is 1. The maximum atomic E-state index is 13.2. The monoisotopic (exact) mass is 480 g/mol. The molecule has 0 atom stereocenters. The minimum Gasteiger partial charge on any atom is -0.493 e. The number of hydrogen-bond donors (Lipinski definition) is 1. The Labute approximate surface area is 207 Å². The summed E-state index contributed by atoms with van der Waals surface area (Å²) in [5, 5.41) is 9.97. The summed E-state index contributed by atoms with van der Waals surface area (Å²) in [4.78, 5) is 25.4. The molecule has 1 aliphatic heterocycles. The first-order valence-electron chi connectivity index (χ1n) is 12.7. The van der Waals surface area contributed by atoms with Crippen molar-refractivity contribution < 1.29 is 28.9 Å². The van der Waals surface area contributed by atoms with Crippen LogP contribution in [0.2, 0.25) is 0 Å². The van der Waals surface area contributed by atoms with E-state index in [4.69, 9.17) is 14.2 Å². The summed E-state index contributed by atoms with van der Waals surface area (Å²) in [6.07, 6.45) is 4.63. The smallest absolute Gasteiger partial charge is 0.310 e. The van der Waals surface area contributed by atoms with Crippen LogP contribution in [0, 0.1) is 11.3 Å². The third-order valence-corrected chi connectivity index (χ3v) is 7.79. The van der Waals surface area contributed by atoms with Crippen molar-refractivity contribution in [1.29, 1.82) is 0 Å². The van der Waals surface area contributed by atoms with Gasteiger partial charge in [0.25, 0.3) is 0 Å². The summed E-state index contributed by atoms with van der Waals surface area (Å²) in [6.45, 7) is 4.14. The quantitative estimate of drug-likeness (QED) is 0.417. The Morgan fingerprint density at radius 3 is 2.49 bits per heavy atom. The van der Waals surface area contributed by atoms with Crippen LogP contribution in [0.15, 0.2) is 42.5 Å². The molecule has 1 N–H and O–H groups in total. The number of aliphatic carboxylic acids is 1. The van der Waals surface area contributed by atoms with Gasteiger partial charge in [-0.3, -0.25) is 9.59 Å². The van der Waals surface area contributed by atoms with Crippen molar-refractivity contribution in [2.75, 3.05) is 26.9 Å². The number of carbonyl (C=O) groups is 2. The zero-order chi connectivity index (χ0) is 24.8. The number of Topliss-reactive ketones (excluding diaryl/α,β-unsaturated/α-hetero) is 1. The fourth-order valence-corrected chi connectivity index (χ4v) is 5.19. The topological polar surface area (TPSA) is 82.1 Å². The van der Waals surface area contributed by atoms with Gasteiger partial charge >= 0.3 is 5.97 Å². The van der Waals surface area contributed by atoms with E-state index < -0.39 is 11.4 Å². The van der Waals surface area contributed by atoms with Crippen molar-refractivity contribution in [3.63, 3.8) is 0 Å². The molecule has 6 nitrogen and oxygen atoms in total. The lowest BCUT2D eigenvalue weighted by atomic mass is 9.67. The van der Waals surface area contributed by atoms with E-state index in [2.05, 4.69) is 31.2 Å². The predicted molar refractivity (Wildman–Crippen MR) is 133 cm³/mol. The van der Waals surface area contributed by atoms with E-state index >= 15 is 0 Å². The van der Waals surface area contributed by atoms with Gasteiger partial charge in [0.1, 0.15) is 0 Å². The Kier molecular flexibility index (Phi) is 8.11. The first-order valence-corrected chi connectivity index (χ1v) is 12.7. The van der Waals surface area contributed by atoms with Gasteiger partial charge in [-0.05, 0) is 60.9 Å². The van der Waals surface area contributed by atoms with Crippen molar-refractivity contribution in [2.24, 2.45) is 11.3 Å². The summed E-state index contributed by atoms with van der Waals surface area (Å²) in [5.74, 6) is 1.07. The summed E-state index contributed by atoms with van der Waals surface area (Å²) in [5.41, 5.74) is 1.97. The molecule has 6 heteroatoms. The number of methoxy groups -OCH3 is 1. The molecular weight excluding hydrogens is 444 g/mol. The molecule has 188 valence electrons. The van der Waals surface area contributed by atoms with Crippen molar-refractivity contribution in [3.8, 4) is 11.5 Å². The van der Waals surface area contributed by atoms with Crippen LogP contribution in [0.1, 0.15) is 72.9 Å². The number of hydrogen-bond acceptors (Lipinski definition) is 5. The molecule has 0 unspecified atom stereocenters. The van der Waals surface area contributed by atoms with Crippen molar-refractivity contribution in [3.05, 3.63) is 59.2 Å². The summed E-state index contributed by atoms with van der Waals surface area (Å²) in [7, 11) is 1.57. The minimum atomic E-state index is -0.972. The third kappa shape index (κ3) is 5.87. The highest BCUT2D eigenvalue weighted by Crippen LogP contribution is 2.44. The minimum absolute atomic E-state index is 0.0161. The molecule has 2 aromatic rings. The second-order valence-electron chi connectivity index (χ2n) is 9.98. The molecule has 4 rings (SSSR count). The molecule has 2 fully saturated rings. The van der Waals surface area contributed by atoms with E-state index in [1.807, 2.05) is 0 Å². The largest absolute Gasteiger partial charge is 0.493 e. The van der Waals surface area contributed by atoms with Crippen LogP contribution < -0.4 is 9.47 Å². The number of carbonyl (C=O) groups excluding carboxylic acids is 1. The number of ether oxygens (including phenoxy) is 3. The summed E-state index contributed by atoms with van der Waals surface area (Å²) in [6, 6.07) is 13.6. The van der Waals surface area contributed by atoms with Gasteiger partial charge in [0.15, 0.2) is 17.3 Å². The molecule has 0 aromatic heterocycles. The highest BCUT2D eigenvalue weighted by atomic mass is 16.5. The van der Waals surface area contributed by atoms with E-state index in [1.54, 1.807) is 25.3 Å². The van der Waals surface area contributed by atoms with E-state index in [0.717, 1.165) is 38.9 Å². The second-order valence-corrected chi connectivity index (χ2v) is 9.98. The van der Waals surface area contributed by atoms with E-state index in [0.29, 0.717) is 48.3 Å². The fourth-order valence-electron chi connectivity index (χ4n) is 5.19. The standard InChI is InChI=1S/C29H36O6/c1-3-20-9-12-29(13-10-20,28(31)32)17-25(30)23-7-8-26(33-2)27(16-23)35-14-11-21-5-4-6-22(15-21)24-18-34-19-24/h4-8,15-16,20,24H,3,9-14,17-19H2,1-2H3,(H,31,32). The highest BCUT2D eigenvalue weighted by molar-refractivity contribution is 5.99. The average molecular weight is 481 g/mol. The predicted octanol–water partition coefficient (Wildman–Crippen LogP) is 5.67. The van der Waals surface area contributed by atoms with Crippen molar-refractivity contribution in [1.82, 2.24) is 0 Å². The Morgan fingerprint density at radius 2 is 1.86 bits per heavy atom. The first kappa shape index (κ1) is 25.2. The fraction of sp³-hybridized carbons (Fsp3) is 0.517. The molecule has 1 heterocycles.